The summed E-state index contributed by atoms with van der Waals surface area (Å²) in [7, 11) is -4.08. The lowest BCUT2D eigenvalue weighted by Crippen LogP contribution is -2.49. The second-order valence-electron chi connectivity index (χ2n) is 11.1. The second kappa shape index (κ2) is 12.8. The highest BCUT2D eigenvalue weighted by molar-refractivity contribution is 7.91. The Balaban J connectivity index is 1.30. The number of piperidine rings is 1. The van der Waals surface area contributed by atoms with E-state index in [9.17, 15) is 22.7 Å². The van der Waals surface area contributed by atoms with E-state index >= 15 is 4.39 Å². The minimum Gasteiger partial charge on any atom is -0.465 e. The van der Waals surface area contributed by atoms with Gasteiger partial charge in [-0.25, -0.2) is 36.9 Å². The number of aromatic nitrogens is 4. The van der Waals surface area contributed by atoms with Crippen LogP contribution in [0.5, 0.6) is 11.6 Å². The van der Waals surface area contributed by atoms with Gasteiger partial charge >= 0.3 is 6.09 Å². The Bertz CT molecular complexity index is 2080. The molecule has 1 saturated heterocycles. The van der Waals surface area contributed by atoms with Crippen molar-refractivity contribution in [3.05, 3.63) is 83.8 Å². The second-order valence-corrected chi connectivity index (χ2v) is 12.8. The highest BCUT2D eigenvalue weighted by atomic mass is 32.2. The monoisotopic (exact) mass is 665 g/mol. The number of ether oxygens (including phenoxy) is 1. The summed E-state index contributed by atoms with van der Waals surface area (Å²) in [6.45, 7) is 3.30. The van der Waals surface area contributed by atoms with Gasteiger partial charge in [-0.3, -0.25) is 4.72 Å². The first kappa shape index (κ1) is 31.6. The number of hydrogen-bond acceptors (Lipinski definition) is 10. The number of carboxylic acid groups (broad SMARTS) is 1. The molecular weight excluding hydrogens is 636 g/mol. The Morgan fingerprint density at radius 2 is 1.91 bits per heavy atom. The summed E-state index contributed by atoms with van der Waals surface area (Å²) in [5, 5.41) is 16.7. The molecule has 2 aromatic carbocycles. The van der Waals surface area contributed by atoms with E-state index in [1.54, 1.807) is 44.2 Å². The zero-order chi connectivity index (χ0) is 33.3. The maximum absolute atomic E-state index is 15.1. The number of alkyl halides is 1. The van der Waals surface area contributed by atoms with Gasteiger partial charge in [0.05, 0.1) is 23.5 Å². The van der Waals surface area contributed by atoms with Crippen molar-refractivity contribution in [3.8, 4) is 22.9 Å². The average Bonchev–Trinajstić information content (AvgIpc) is 3.43. The number of pyridine rings is 1. The number of likely N-dealkylation sites (tertiary alicyclic amines) is 1. The molecule has 244 valence electrons. The molecule has 0 bridgehead atoms. The number of fused-ring (bicyclic) bond motifs is 1. The Morgan fingerprint density at radius 1 is 1.11 bits per heavy atom. The molecule has 2 unspecified atom stereocenters. The third kappa shape index (κ3) is 7.06. The number of benzene rings is 2. The van der Waals surface area contributed by atoms with Crippen LogP contribution in [0.25, 0.3) is 22.0 Å². The van der Waals surface area contributed by atoms with Crippen LogP contribution in [0.4, 0.5) is 25.2 Å². The van der Waals surface area contributed by atoms with Gasteiger partial charge in [0.25, 0.3) is 0 Å². The van der Waals surface area contributed by atoms with Gasteiger partial charge in [-0.05, 0) is 49.7 Å². The number of sulfonamides is 1. The van der Waals surface area contributed by atoms with Crippen LogP contribution in [0, 0.1) is 19.7 Å². The Hall–Kier alpha value is -5.38. The van der Waals surface area contributed by atoms with Crippen molar-refractivity contribution in [2.75, 3.05) is 23.1 Å². The van der Waals surface area contributed by atoms with Crippen molar-refractivity contribution in [3.63, 3.8) is 0 Å². The van der Waals surface area contributed by atoms with Gasteiger partial charge in [0, 0.05) is 48.2 Å². The van der Waals surface area contributed by atoms with Crippen molar-refractivity contribution >= 4 is 38.5 Å². The fourth-order valence-corrected chi connectivity index (χ4v) is 6.51. The van der Waals surface area contributed by atoms with Crippen molar-refractivity contribution in [2.45, 2.75) is 38.2 Å². The summed E-state index contributed by atoms with van der Waals surface area (Å²) >= 11 is 0. The number of halogens is 2. The molecule has 5 aromatic rings. The van der Waals surface area contributed by atoms with Crippen molar-refractivity contribution < 1.29 is 36.4 Å². The molecule has 3 aromatic heterocycles. The van der Waals surface area contributed by atoms with E-state index in [1.807, 2.05) is 0 Å². The molecule has 47 heavy (non-hydrogen) atoms. The minimum absolute atomic E-state index is 0.0730. The van der Waals surface area contributed by atoms with Crippen LogP contribution in [0.15, 0.2) is 65.4 Å². The molecule has 1 aliphatic rings. The molecule has 0 aliphatic carbocycles. The van der Waals surface area contributed by atoms with E-state index in [1.165, 1.54) is 24.5 Å². The predicted molar refractivity (Wildman–Crippen MR) is 168 cm³/mol. The summed E-state index contributed by atoms with van der Waals surface area (Å²) in [5.74, 6) is -0.230. The van der Waals surface area contributed by atoms with E-state index < -0.39 is 39.9 Å². The molecule has 3 N–H and O–H groups in total. The first-order valence-electron chi connectivity index (χ1n) is 14.4. The van der Waals surface area contributed by atoms with Gasteiger partial charge < -0.3 is 24.6 Å². The number of hydrogen-bond donors (Lipinski definition) is 3. The third-order valence-electron chi connectivity index (χ3n) is 7.47. The number of amides is 1. The lowest BCUT2D eigenvalue weighted by Gasteiger charge is -2.33. The smallest absolute Gasteiger partial charge is 0.407 e. The topological polar surface area (TPSA) is 173 Å². The van der Waals surface area contributed by atoms with Gasteiger partial charge in [0.1, 0.15) is 34.9 Å². The number of nitrogens with one attached hydrogen (secondary N) is 2. The molecule has 1 aliphatic heterocycles. The van der Waals surface area contributed by atoms with Crippen molar-refractivity contribution in [1.82, 2.24) is 25.0 Å². The molecule has 2 atom stereocenters. The fourth-order valence-electron chi connectivity index (χ4n) is 5.39. The highest BCUT2D eigenvalue weighted by Crippen LogP contribution is 2.40. The van der Waals surface area contributed by atoms with Crippen molar-refractivity contribution in [2.24, 2.45) is 0 Å². The predicted octanol–water partition coefficient (Wildman–Crippen LogP) is 5.67. The molecule has 1 fully saturated rings. The zero-order valence-corrected chi connectivity index (χ0v) is 26.0. The van der Waals surface area contributed by atoms with Gasteiger partial charge in [-0.1, -0.05) is 17.3 Å². The van der Waals surface area contributed by atoms with Gasteiger partial charge in [-0.2, -0.15) is 0 Å². The first-order valence-corrected chi connectivity index (χ1v) is 16.1. The van der Waals surface area contributed by atoms with Crippen LogP contribution in [0.1, 0.15) is 23.4 Å². The molecule has 0 saturated carbocycles. The standard InChI is InChI=1S/C31H29F2N7O6S/c1-17-5-6-22-23(7-8-25(33)27(22)39-47(43,44)16-21-12-18(2)46-38-21)28(17)45-29-24(4-3-10-34-29)26-9-11-35-30(37-26)36-20-13-19(32)14-40(15-20)31(41)42/h3-12,19-20,39H,13-16H2,1-2H3,(H,41,42)(H,35,36,37). The average molecular weight is 666 g/mol. The number of anilines is 2. The van der Waals surface area contributed by atoms with Gasteiger partial charge in [0.2, 0.25) is 21.9 Å². The normalized spacial score (nSPS) is 16.6. The van der Waals surface area contributed by atoms with Crippen LogP contribution in [0.3, 0.4) is 0 Å². The summed E-state index contributed by atoms with van der Waals surface area (Å²) in [6, 6.07) is 11.9. The van der Waals surface area contributed by atoms with E-state index in [-0.39, 0.29) is 48.1 Å². The lowest BCUT2D eigenvalue weighted by molar-refractivity contribution is 0.102. The van der Waals surface area contributed by atoms with Crippen LogP contribution in [-0.4, -0.2) is 69.9 Å². The van der Waals surface area contributed by atoms with Crippen LogP contribution in [-0.2, 0) is 15.8 Å². The highest BCUT2D eigenvalue weighted by Gasteiger charge is 2.30. The summed E-state index contributed by atoms with van der Waals surface area (Å²) in [5.41, 5.74) is 1.47. The lowest BCUT2D eigenvalue weighted by atomic mass is 10.0. The molecule has 6 rings (SSSR count). The molecule has 0 radical (unpaired) electrons. The molecule has 13 nitrogen and oxygen atoms in total. The van der Waals surface area contributed by atoms with Crippen molar-refractivity contribution in [1.29, 1.82) is 0 Å². The first-order chi connectivity index (χ1) is 22.5. The number of nitrogens with zero attached hydrogens (tertiary/aromatic N) is 5. The maximum atomic E-state index is 15.1. The summed E-state index contributed by atoms with van der Waals surface area (Å²) in [6.07, 6.45) is 0.580. The number of carbonyl (C=O) groups is 1. The van der Waals surface area contributed by atoms with E-state index in [0.717, 1.165) is 11.0 Å². The van der Waals surface area contributed by atoms with Crippen LogP contribution in [0.2, 0.25) is 0 Å². The van der Waals surface area contributed by atoms with E-state index in [4.69, 9.17) is 9.26 Å². The molecular formula is C31H29F2N7O6S. The molecule has 0 spiro atoms. The minimum atomic E-state index is -4.08. The Kier molecular flexibility index (Phi) is 8.60. The molecule has 16 heteroatoms. The summed E-state index contributed by atoms with van der Waals surface area (Å²) < 4.78 is 69.0. The number of aryl methyl sites for hydroxylation is 2. The Morgan fingerprint density at radius 3 is 2.68 bits per heavy atom. The third-order valence-corrected chi connectivity index (χ3v) is 8.67. The van der Waals surface area contributed by atoms with E-state index in [0.29, 0.717) is 33.7 Å². The maximum Gasteiger partial charge on any atom is 0.407 e. The summed E-state index contributed by atoms with van der Waals surface area (Å²) in [4.78, 5) is 25.6. The molecule has 4 heterocycles. The SMILES string of the molecule is Cc1cc(CS(=O)(=O)Nc2c(F)ccc3c(Oc4ncccc4-c4ccnc(NC5CC(F)CN(C(=O)O)C5)n4)c(C)ccc23)no1. The van der Waals surface area contributed by atoms with Gasteiger partial charge in [0.15, 0.2) is 0 Å². The van der Waals surface area contributed by atoms with Crippen LogP contribution >= 0.6 is 0 Å². The van der Waals surface area contributed by atoms with Gasteiger partial charge in [-0.15, -0.1) is 0 Å². The molecule has 1 amide bonds. The Labute approximate surface area is 267 Å². The number of rotatable bonds is 9. The van der Waals surface area contributed by atoms with E-state index in [2.05, 4.69) is 30.1 Å². The zero-order valence-electron chi connectivity index (χ0n) is 25.1. The largest absolute Gasteiger partial charge is 0.465 e. The quantitative estimate of drug-likeness (QED) is 0.177. The van der Waals surface area contributed by atoms with Crippen LogP contribution < -0.4 is 14.8 Å². The fraction of sp³-hybridized carbons (Fsp3) is 0.258.